The molecule has 178 valence electrons. The van der Waals surface area contributed by atoms with Gasteiger partial charge >= 0.3 is 0 Å². The Labute approximate surface area is 213 Å². The van der Waals surface area contributed by atoms with E-state index in [0.29, 0.717) is 28.7 Å². The molecule has 2 N–H and O–H groups in total. The van der Waals surface area contributed by atoms with Crippen LogP contribution in [0.25, 0.3) is 0 Å². The lowest BCUT2D eigenvalue weighted by molar-refractivity contribution is -0.123. The number of nitrogens with zero attached hydrogens (tertiary/aromatic N) is 1. The monoisotopic (exact) mass is 585 g/mol. The van der Waals surface area contributed by atoms with Crippen LogP contribution in [0.5, 0.6) is 11.5 Å². The Hall–Kier alpha value is -2.33. The molecule has 0 saturated carbocycles. The molecule has 9 heteroatoms. The molecular formula is C24H29ClIN3O4. The second-order valence-corrected chi connectivity index (χ2v) is 9.41. The van der Waals surface area contributed by atoms with Gasteiger partial charge in [-0.2, -0.15) is 5.10 Å². The van der Waals surface area contributed by atoms with Gasteiger partial charge in [0.25, 0.3) is 11.8 Å². The Kier molecular flexibility index (Phi) is 10.4. The van der Waals surface area contributed by atoms with Crippen molar-refractivity contribution >= 4 is 52.2 Å². The predicted molar refractivity (Wildman–Crippen MR) is 139 cm³/mol. The minimum absolute atomic E-state index is 0.00507. The van der Waals surface area contributed by atoms with Crippen molar-refractivity contribution < 1.29 is 19.1 Å². The summed E-state index contributed by atoms with van der Waals surface area (Å²) in [5, 5.41) is 7.13. The van der Waals surface area contributed by atoms with E-state index in [0.717, 1.165) is 9.13 Å². The summed E-state index contributed by atoms with van der Waals surface area (Å²) in [6.45, 7) is 9.97. The quantitative estimate of drug-likeness (QED) is 0.232. The normalized spacial score (nSPS) is 12.2. The largest absolute Gasteiger partial charge is 0.490 e. The van der Waals surface area contributed by atoms with E-state index in [2.05, 4.69) is 38.4 Å². The molecule has 0 radical (unpaired) electrons. The zero-order chi connectivity index (χ0) is 24.5. The SMILES string of the molecule is CCOc1cc(C=NNC(=O)C(NC(=O)c2ccccc2Cl)C(C)C)cc(I)c1OC(C)C. The van der Waals surface area contributed by atoms with Gasteiger partial charge in [0.2, 0.25) is 0 Å². The van der Waals surface area contributed by atoms with Crippen LogP contribution in [0.4, 0.5) is 0 Å². The molecule has 1 unspecified atom stereocenters. The molecule has 2 rings (SSSR count). The maximum atomic E-state index is 12.7. The second kappa shape index (κ2) is 12.8. The zero-order valence-electron chi connectivity index (χ0n) is 19.3. The minimum Gasteiger partial charge on any atom is -0.490 e. The van der Waals surface area contributed by atoms with Crippen molar-refractivity contribution in [1.82, 2.24) is 10.7 Å². The van der Waals surface area contributed by atoms with Crippen molar-refractivity contribution in [1.29, 1.82) is 0 Å². The molecule has 0 aromatic heterocycles. The third-order valence-corrected chi connectivity index (χ3v) is 5.56. The number of hydrazone groups is 1. The third-order valence-electron chi connectivity index (χ3n) is 4.43. The van der Waals surface area contributed by atoms with Crippen LogP contribution in [-0.4, -0.2) is 36.8 Å². The smallest absolute Gasteiger partial charge is 0.262 e. The average Bonchev–Trinajstić information content (AvgIpc) is 2.74. The van der Waals surface area contributed by atoms with Gasteiger partial charge in [-0.1, -0.05) is 37.6 Å². The Morgan fingerprint density at radius 3 is 2.48 bits per heavy atom. The maximum absolute atomic E-state index is 12.7. The number of halogens is 2. The standard InChI is InChI=1S/C24H29ClIN3O4/c1-6-32-20-12-16(11-19(26)22(20)33-15(4)5)13-27-29-24(31)21(14(2)3)28-23(30)17-9-7-8-10-18(17)25/h7-15,21H,6H2,1-5H3,(H,28,30)(H,29,31). The fourth-order valence-corrected chi connectivity index (χ4v) is 3.89. The molecule has 7 nitrogen and oxygen atoms in total. The summed E-state index contributed by atoms with van der Waals surface area (Å²) in [6.07, 6.45) is 1.53. The molecule has 0 spiro atoms. The highest BCUT2D eigenvalue weighted by molar-refractivity contribution is 14.1. The number of carbonyl (C=O) groups is 2. The van der Waals surface area contributed by atoms with Gasteiger partial charge in [-0.3, -0.25) is 9.59 Å². The highest BCUT2D eigenvalue weighted by Crippen LogP contribution is 2.34. The molecule has 33 heavy (non-hydrogen) atoms. The van der Waals surface area contributed by atoms with Crippen LogP contribution in [-0.2, 0) is 4.79 Å². The number of ether oxygens (including phenoxy) is 2. The molecule has 1 atom stereocenters. The molecule has 2 aromatic carbocycles. The van der Waals surface area contributed by atoms with E-state index in [9.17, 15) is 9.59 Å². The van der Waals surface area contributed by atoms with Gasteiger partial charge in [-0.25, -0.2) is 5.43 Å². The Bertz CT molecular complexity index is 1010. The molecule has 0 aliphatic heterocycles. The van der Waals surface area contributed by atoms with Crippen molar-refractivity contribution in [3.05, 3.63) is 56.1 Å². The van der Waals surface area contributed by atoms with E-state index in [4.69, 9.17) is 21.1 Å². The summed E-state index contributed by atoms with van der Waals surface area (Å²) in [4.78, 5) is 25.3. The highest BCUT2D eigenvalue weighted by Gasteiger charge is 2.25. The van der Waals surface area contributed by atoms with E-state index in [1.165, 1.54) is 6.21 Å². The molecule has 2 aromatic rings. The summed E-state index contributed by atoms with van der Waals surface area (Å²) < 4.78 is 12.5. The molecule has 0 aliphatic carbocycles. The minimum atomic E-state index is -0.785. The number of carbonyl (C=O) groups excluding carboxylic acids is 2. The number of hydrogen-bond acceptors (Lipinski definition) is 5. The van der Waals surface area contributed by atoms with Crippen LogP contribution in [0.2, 0.25) is 5.02 Å². The van der Waals surface area contributed by atoms with Crippen LogP contribution >= 0.6 is 34.2 Å². The van der Waals surface area contributed by atoms with Gasteiger partial charge < -0.3 is 14.8 Å². The number of rotatable bonds is 10. The van der Waals surface area contributed by atoms with Gasteiger partial charge in [0.1, 0.15) is 6.04 Å². The van der Waals surface area contributed by atoms with Crippen molar-refractivity contribution in [2.24, 2.45) is 11.0 Å². The maximum Gasteiger partial charge on any atom is 0.262 e. The first-order valence-corrected chi connectivity index (χ1v) is 12.1. The summed E-state index contributed by atoms with van der Waals surface area (Å²) in [6, 6.07) is 9.58. The Balaban J connectivity index is 2.13. The molecule has 0 bridgehead atoms. The first-order valence-electron chi connectivity index (χ1n) is 10.6. The molecule has 0 saturated heterocycles. The van der Waals surface area contributed by atoms with E-state index in [1.807, 2.05) is 40.7 Å². The predicted octanol–water partition coefficient (Wildman–Crippen LogP) is 5.04. The van der Waals surface area contributed by atoms with Crippen LogP contribution in [0.15, 0.2) is 41.5 Å². The second-order valence-electron chi connectivity index (χ2n) is 7.84. The van der Waals surface area contributed by atoms with Crippen LogP contribution in [0, 0.1) is 9.49 Å². The van der Waals surface area contributed by atoms with Crippen molar-refractivity contribution in [3.63, 3.8) is 0 Å². The third kappa shape index (κ3) is 7.89. The lowest BCUT2D eigenvalue weighted by Gasteiger charge is -2.20. The zero-order valence-corrected chi connectivity index (χ0v) is 22.2. The van der Waals surface area contributed by atoms with E-state index >= 15 is 0 Å². The van der Waals surface area contributed by atoms with Crippen LogP contribution in [0.1, 0.15) is 50.5 Å². The van der Waals surface area contributed by atoms with Gasteiger partial charge in [-0.05, 0) is 79.1 Å². The summed E-state index contributed by atoms with van der Waals surface area (Å²) in [5.41, 5.74) is 3.55. The van der Waals surface area contributed by atoms with Crippen molar-refractivity contribution in [3.8, 4) is 11.5 Å². The lowest BCUT2D eigenvalue weighted by atomic mass is 10.0. The van der Waals surface area contributed by atoms with Crippen LogP contribution < -0.4 is 20.2 Å². The van der Waals surface area contributed by atoms with Gasteiger partial charge in [-0.15, -0.1) is 0 Å². The van der Waals surface area contributed by atoms with E-state index < -0.39 is 17.9 Å². The topological polar surface area (TPSA) is 89.0 Å². The number of benzene rings is 2. The molecule has 0 heterocycles. The Morgan fingerprint density at radius 2 is 1.88 bits per heavy atom. The first kappa shape index (κ1) is 26.9. The van der Waals surface area contributed by atoms with Crippen molar-refractivity contribution in [2.75, 3.05) is 6.61 Å². The van der Waals surface area contributed by atoms with Crippen molar-refractivity contribution in [2.45, 2.75) is 46.8 Å². The Morgan fingerprint density at radius 1 is 1.18 bits per heavy atom. The summed E-state index contributed by atoms with van der Waals surface area (Å²) in [7, 11) is 0. The van der Waals surface area contributed by atoms with Crippen LogP contribution in [0.3, 0.4) is 0 Å². The molecule has 2 amide bonds. The highest BCUT2D eigenvalue weighted by atomic mass is 127. The lowest BCUT2D eigenvalue weighted by Crippen LogP contribution is -2.48. The van der Waals surface area contributed by atoms with Gasteiger partial charge in [0.05, 0.1) is 33.1 Å². The van der Waals surface area contributed by atoms with E-state index in [-0.39, 0.29) is 12.0 Å². The summed E-state index contributed by atoms with van der Waals surface area (Å²) >= 11 is 8.27. The molecule has 0 aliphatic rings. The molecule has 0 fully saturated rings. The van der Waals surface area contributed by atoms with Gasteiger partial charge in [0, 0.05) is 0 Å². The molecular weight excluding hydrogens is 557 g/mol. The number of hydrogen-bond donors (Lipinski definition) is 2. The fraction of sp³-hybridized carbons (Fsp3) is 0.375. The fourth-order valence-electron chi connectivity index (χ4n) is 2.91. The average molecular weight is 586 g/mol. The van der Waals surface area contributed by atoms with Gasteiger partial charge in [0.15, 0.2) is 11.5 Å². The number of amides is 2. The van der Waals surface area contributed by atoms with E-state index in [1.54, 1.807) is 30.3 Å². The summed E-state index contributed by atoms with van der Waals surface area (Å²) in [5.74, 6) is 0.273. The number of nitrogens with one attached hydrogen (secondary N) is 2. The first-order chi connectivity index (χ1) is 15.6.